The van der Waals surface area contributed by atoms with Crippen LogP contribution < -0.4 is 10.6 Å². The van der Waals surface area contributed by atoms with Crippen LogP contribution in [0.1, 0.15) is 12.8 Å². The number of pyridine rings is 1. The van der Waals surface area contributed by atoms with Crippen LogP contribution in [0.2, 0.25) is 0 Å². The fourth-order valence-electron chi connectivity index (χ4n) is 2.05. The SMILES string of the molecule is O=[N+]([O-])c1ncccc1NCCOC1CCNCC1. The van der Waals surface area contributed by atoms with Gasteiger partial charge in [-0.25, -0.2) is 0 Å². The Hall–Kier alpha value is -1.73. The molecule has 1 aliphatic rings. The predicted octanol–water partition coefficient (Wildman–Crippen LogP) is 1.17. The number of nitrogens with one attached hydrogen (secondary N) is 2. The summed E-state index contributed by atoms with van der Waals surface area (Å²) in [6.45, 7) is 3.06. The summed E-state index contributed by atoms with van der Waals surface area (Å²) in [7, 11) is 0. The van der Waals surface area contributed by atoms with E-state index in [1.165, 1.54) is 6.20 Å². The average molecular weight is 266 g/mol. The Morgan fingerprint density at radius 3 is 3.05 bits per heavy atom. The van der Waals surface area contributed by atoms with Gasteiger partial charge in [0.15, 0.2) is 0 Å². The first kappa shape index (κ1) is 13.7. The van der Waals surface area contributed by atoms with Gasteiger partial charge < -0.3 is 25.5 Å². The molecule has 19 heavy (non-hydrogen) atoms. The second-order valence-corrected chi connectivity index (χ2v) is 4.38. The summed E-state index contributed by atoms with van der Waals surface area (Å²) in [4.78, 5) is 14.0. The number of anilines is 1. The van der Waals surface area contributed by atoms with E-state index in [0.29, 0.717) is 24.9 Å². The van der Waals surface area contributed by atoms with Gasteiger partial charge in [0.25, 0.3) is 0 Å². The normalized spacial score (nSPS) is 16.2. The molecule has 0 spiro atoms. The summed E-state index contributed by atoms with van der Waals surface area (Å²) in [6.07, 6.45) is 3.75. The molecule has 7 heteroatoms. The van der Waals surface area contributed by atoms with Crippen LogP contribution in [0.4, 0.5) is 11.5 Å². The molecular weight excluding hydrogens is 248 g/mol. The van der Waals surface area contributed by atoms with Gasteiger partial charge in [0.2, 0.25) is 0 Å². The van der Waals surface area contributed by atoms with E-state index in [9.17, 15) is 10.1 Å². The van der Waals surface area contributed by atoms with Crippen LogP contribution in [0.5, 0.6) is 0 Å². The first-order valence-electron chi connectivity index (χ1n) is 6.43. The zero-order valence-corrected chi connectivity index (χ0v) is 10.7. The predicted molar refractivity (Wildman–Crippen MR) is 71.2 cm³/mol. The highest BCUT2D eigenvalue weighted by Gasteiger charge is 2.15. The summed E-state index contributed by atoms with van der Waals surface area (Å²) in [5.74, 6) is -0.149. The molecule has 0 unspecified atom stereocenters. The molecule has 2 N–H and O–H groups in total. The van der Waals surface area contributed by atoms with Gasteiger partial charge >= 0.3 is 5.82 Å². The standard InChI is InChI=1S/C12H18N4O3/c17-16(18)12-11(2-1-5-15-12)14-8-9-19-10-3-6-13-7-4-10/h1-2,5,10,13-14H,3-4,6-9H2. The molecular formula is C12H18N4O3. The van der Waals surface area contributed by atoms with Crippen LogP contribution in [0.3, 0.4) is 0 Å². The lowest BCUT2D eigenvalue weighted by Gasteiger charge is -2.23. The maximum atomic E-state index is 10.8. The maximum Gasteiger partial charge on any atom is 0.386 e. The summed E-state index contributed by atoms with van der Waals surface area (Å²) < 4.78 is 5.71. The Morgan fingerprint density at radius 2 is 2.32 bits per heavy atom. The fraction of sp³-hybridized carbons (Fsp3) is 0.583. The largest absolute Gasteiger partial charge is 0.386 e. The van der Waals surface area contributed by atoms with Gasteiger partial charge in [0, 0.05) is 6.54 Å². The minimum atomic E-state index is -0.490. The molecule has 2 rings (SSSR count). The first-order valence-corrected chi connectivity index (χ1v) is 6.43. The molecule has 1 saturated heterocycles. The second-order valence-electron chi connectivity index (χ2n) is 4.38. The van der Waals surface area contributed by atoms with Crippen LogP contribution in [-0.4, -0.2) is 42.3 Å². The van der Waals surface area contributed by atoms with Gasteiger partial charge in [0.05, 0.1) is 12.7 Å². The van der Waals surface area contributed by atoms with Gasteiger partial charge in [0.1, 0.15) is 11.9 Å². The molecule has 0 saturated carbocycles. The number of ether oxygens (including phenoxy) is 1. The summed E-state index contributed by atoms with van der Waals surface area (Å²) in [6, 6.07) is 3.32. The minimum Gasteiger partial charge on any atom is -0.376 e. The van der Waals surface area contributed by atoms with Crippen molar-refractivity contribution in [2.75, 3.05) is 31.6 Å². The monoisotopic (exact) mass is 266 g/mol. The van der Waals surface area contributed by atoms with Gasteiger partial charge in [-0.2, -0.15) is 0 Å². The quantitative estimate of drug-likeness (QED) is 0.456. The lowest BCUT2D eigenvalue weighted by atomic mass is 10.1. The number of rotatable bonds is 6. The molecule has 104 valence electrons. The number of hydrogen-bond acceptors (Lipinski definition) is 6. The van der Waals surface area contributed by atoms with Crippen molar-refractivity contribution < 1.29 is 9.66 Å². The van der Waals surface area contributed by atoms with Crippen LogP contribution in [-0.2, 0) is 4.74 Å². The molecule has 1 aliphatic heterocycles. The molecule has 0 atom stereocenters. The molecule has 2 heterocycles. The third kappa shape index (κ3) is 4.15. The highest BCUT2D eigenvalue weighted by molar-refractivity contribution is 5.56. The molecule has 7 nitrogen and oxygen atoms in total. The molecule has 0 amide bonds. The zero-order chi connectivity index (χ0) is 13.5. The third-order valence-corrected chi connectivity index (χ3v) is 3.02. The van der Waals surface area contributed by atoms with Crippen molar-refractivity contribution in [3.05, 3.63) is 28.4 Å². The average Bonchev–Trinajstić information content (AvgIpc) is 2.45. The van der Waals surface area contributed by atoms with E-state index in [0.717, 1.165) is 25.9 Å². The minimum absolute atomic E-state index is 0.149. The highest BCUT2D eigenvalue weighted by atomic mass is 16.6. The van der Waals surface area contributed by atoms with Crippen molar-refractivity contribution in [2.45, 2.75) is 18.9 Å². The summed E-state index contributed by atoms with van der Waals surface area (Å²) in [5.41, 5.74) is 0.432. The van der Waals surface area contributed by atoms with Gasteiger partial charge in [-0.1, -0.05) is 0 Å². The van der Waals surface area contributed by atoms with E-state index in [1.54, 1.807) is 12.1 Å². The molecule has 0 bridgehead atoms. The van der Waals surface area contributed by atoms with Crippen molar-refractivity contribution in [3.63, 3.8) is 0 Å². The lowest BCUT2D eigenvalue weighted by Crippen LogP contribution is -2.33. The zero-order valence-electron chi connectivity index (χ0n) is 10.7. The number of piperidine rings is 1. The molecule has 0 radical (unpaired) electrons. The van der Waals surface area contributed by atoms with E-state index in [2.05, 4.69) is 15.6 Å². The number of nitro groups is 1. The Balaban J connectivity index is 1.74. The molecule has 1 aromatic heterocycles. The van der Waals surface area contributed by atoms with Crippen molar-refractivity contribution in [2.24, 2.45) is 0 Å². The summed E-state index contributed by atoms with van der Waals surface area (Å²) in [5, 5.41) is 17.0. The Bertz CT molecular complexity index is 421. The first-order chi connectivity index (χ1) is 9.27. The van der Waals surface area contributed by atoms with Gasteiger partial charge in [-0.15, -0.1) is 0 Å². The van der Waals surface area contributed by atoms with Crippen LogP contribution in [0.15, 0.2) is 18.3 Å². The van der Waals surface area contributed by atoms with Crippen molar-refractivity contribution in [1.29, 1.82) is 0 Å². The Kier molecular flexibility index (Phi) is 5.05. The van der Waals surface area contributed by atoms with Crippen LogP contribution in [0.25, 0.3) is 0 Å². The molecule has 1 aromatic rings. The number of nitrogens with zero attached hydrogens (tertiary/aromatic N) is 2. The van der Waals surface area contributed by atoms with E-state index >= 15 is 0 Å². The number of hydrogen-bond donors (Lipinski definition) is 2. The molecule has 1 fully saturated rings. The molecule has 0 aromatic carbocycles. The van der Waals surface area contributed by atoms with E-state index in [-0.39, 0.29) is 5.82 Å². The Labute approximate surface area is 111 Å². The fourth-order valence-corrected chi connectivity index (χ4v) is 2.05. The summed E-state index contributed by atoms with van der Waals surface area (Å²) >= 11 is 0. The molecule has 0 aliphatic carbocycles. The van der Waals surface area contributed by atoms with Crippen LogP contribution >= 0.6 is 0 Å². The van der Waals surface area contributed by atoms with E-state index in [4.69, 9.17) is 4.74 Å². The second kappa shape index (κ2) is 7.01. The maximum absolute atomic E-state index is 10.8. The topological polar surface area (TPSA) is 89.3 Å². The highest BCUT2D eigenvalue weighted by Crippen LogP contribution is 2.19. The van der Waals surface area contributed by atoms with Crippen molar-refractivity contribution in [1.82, 2.24) is 10.3 Å². The van der Waals surface area contributed by atoms with E-state index in [1.807, 2.05) is 0 Å². The lowest BCUT2D eigenvalue weighted by molar-refractivity contribution is -0.388. The van der Waals surface area contributed by atoms with Gasteiger partial charge in [-0.3, -0.25) is 0 Å². The Morgan fingerprint density at radius 1 is 1.53 bits per heavy atom. The third-order valence-electron chi connectivity index (χ3n) is 3.02. The van der Waals surface area contributed by atoms with Gasteiger partial charge in [-0.05, 0) is 48.0 Å². The van der Waals surface area contributed by atoms with E-state index < -0.39 is 4.92 Å². The van der Waals surface area contributed by atoms with Crippen LogP contribution in [0, 0.1) is 10.1 Å². The van der Waals surface area contributed by atoms with Crippen molar-refractivity contribution in [3.8, 4) is 0 Å². The smallest absolute Gasteiger partial charge is 0.376 e. The number of aromatic nitrogens is 1. The van der Waals surface area contributed by atoms with Crippen molar-refractivity contribution >= 4 is 11.5 Å².